The van der Waals surface area contributed by atoms with Gasteiger partial charge in [0.25, 0.3) is 0 Å². The molecular formula is C28H27F2NO5. The maximum Gasteiger partial charge on any atom is 0.167 e. The minimum absolute atomic E-state index is 0.0900. The number of benzene rings is 2. The Balaban J connectivity index is 1.85. The van der Waals surface area contributed by atoms with Crippen LogP contribution in [0.4, 0.5) is 8.78 Å². The Labute approximate surface area is 208 Å². The molecular weight excluding hydrogens is 468 g/mol. The summed E-state index contributed by atoms with van der Waals surface area (Å²) in [6.45, 7) is 0.844. The van der Waals surface area contributed by atoms with E-state index in [-0.39, 0.29) is 42.5 Å². The first-order valence-corrected chi connectivity index (χ1v) is 11.2. The first kappa shape index (κ1) is 26.6. The summed E-state index contributed by atoms with van der Waals surface area (Å²) >= 11 is 0. The Kier molecular flexibility index (Phi) is 8.62. The quantitative estimate of drug-likeness (QED) is 0.297. The van der Waals surface area contributed by atoms with Gasteiger partial charge in [0.2, 0.25) is 0 Å². The molecule has 1 heterocycles. The highest BCUT2D eigenvalue weighted by Gasteiger charge is 2.30. The van der Waals surface area contributed by atoms with Gasteiger partial charge < -0.3 is 19.3 Å². The number of hydrogen-bond donors (Lipinski definition) is 1. The number of pyridine rings is 1. The number of carbonyl (C=O) groups excluding carboxylic acids is 1. The number of methoxy groups -OCH3 is 2. The number of nitrogens with zero attached hydrogens (tertiary/aromatic N) is 1. The van der Waals surface area contributed by atoms with Gasteiger partial charge in [0.15, 0.2) is 22.9 Å². The van der Waals surface area contributed by atoms with E-state index in [1.165, 1.54) is 44.6 Å². The molecule has 8 heteroatoms. The monoisotopic (exact) mass is 495 g/mol. The topological polar surface area (TPSA) is 77.9 Å². The lowest BCUT2D eigenvalue weighted by Gasteiger charge is -2.23. The SMILES string of the molecule is C#C[C@@](O)(CCC(=O)c1ccc(OCCF)c(OC)c1)c1ccc(OC)c(-c2ccc(F)c(C)c2)n1. The molecule has 0 bridgehead atoms. The number of ether oxygens (including phenoxy) is 3. The van der Waals surface area contributed by atoms with Gasteiger partial charge in [-0.05, 0) is 61.0 Å². The number of ketones is 1. The predicted octanol–water partition coefficient (Wildman–Crippen LogP) is 5.05. The number of hydrogen-bond acceptors (Lipinski definition) is 6. The first-order valence-electron chi connectivity index (χ1n) is 11.2. The van der Waals surface area contributed by atoms with Crippen LogP contribution in [0.1, 0.15) is 34.5 Å². The maximum atomic E-state index is 13.8. The summed E-state index contributed by atoms with van der Waals surface area (Å²) in [4.78, 5) is 17.4. The molecule has 3 aromatic rings. The third-order valence-corrected chi connectivity index (χ3v) is 5.71. The van der Waals surface area contributed by atoms with Gasteiger partial charge in [-0.3, -0.25) is 4.79 Å². The number of carbonyl (C=O) groups is 1. The Morgan fingerprint density at radius 1 is 1.08 bits per heavy atom. The van der Waals surface area contributed by atoms with Crippen LogP contribution in [0.25, 0.3) is 11.3 Å². The highest BCUT2D eigenvalue weighted by atomic mass is 19.1. The molecule has 0 unspecified atom stereocenters. The number of alkyl halides is 1. The summed E-state index contributed by atoms with van der Waals surface area (Å²) in [6.07, 6.45) is 5.48. The van der Waals surface area contributed by atoms with E-state index in [2.05, 4.69) is 10.9 Å². The molecule has 0 aliphatic rings. The number of rotatable bonds is 11. The molecule has 0 saturated heterocycles. The second-order valence-electron chi connectivity index (χ2n) is 8.04. The molecule has 1 atom stereocenters. The molecule has 36 heavy (non-hydrogen) atoms. The maximum absolute atomic E-state index is 13.8. The van der Waals surface area contributed by atoms with E-state index in [1.54, 1.807) is 25.1 Å². The summed E-state index contributed by atoms with van der Waals surface area (Å²) in [7, 11) is 2.89. The fraction of sp³-hybridized carbons (Fsp3) is 0.286. The highest BCUT2D eigenvalue weighted by Crippen LogP contribution is 2.34. The number of aromatic nitrogens is 1. The largest absolute Gasteiger partial charge is 0.494 e. The fourth-order valence-electron chi connectivity index (χ4n) is 3.66. The Morgan fingerprint density at radius 3 is 2.44 bits per heavy atom. The van der Waals surface area contributed by atoms with Gasteiger partial charge in [-0.1, -0.05) is 5.92 Å². The molecule has 1 N–H and O–H groups in total. The predicted molar refractivity (Wildman–Crippen MR) is 132 cm³/mol. The molecule has 0 aliphatic carbocycles. The van der Waals surface area contributed by atoms with Crippen LogP contribution in [0.3, 0.4) is 0 Å². The lowest BCUT2D eigenvalue weighted by atomic mass is 9.91. The minimum Gasteiger partial charge on any atom is -0.494 e. The molecule has 2 aromatic carbocycles. The number of halogens is 2. The van der Waals surface area contributed by atoms with Crippen molar-refractivity contribution in [2.75, 3.05) is 27.5 Å². The number of aliphatic hydroxyl groups is 1. The van der Waals surface area contributed by atoms with E-state index in [9.17, 15) is 18.7 Å². The van der Waals surface area contributed by atoms with Gasteiger partial charge >= 0.3 is 0 Å². The summed E-state index contributed by atoms with van der Waals surface area (Å²) in [5.41, 5.74) is 0.0279. The molecule has 6 nitrogen and oxygen atoms in total. The summed E-state index contributed by atoms with van der Waals surface area (Å²) in [6, 6.07) is 12.2. The van der Waals surface area contributed by atoms with Crippen molar-refractivity contribution >= 4 is 5.78 Å². The van der Waals surface area contributed by atoms with Crippen molar-refractivity contribution in [1.82, 2.24) is 4.98 Å². The van der Waals surface area contributed by atoms with E-state index in [0.29, 0.717) is 33.9 Å². The van der Waals surface area contributed by atoms with Crippen molar-refractivity contribution in [3.63, 3.8) is 0 Å². The van der Waals surface area contributed by atoms with Crippen LogP contribution in [0, 0.1) is 25.1 Å². The second-order valence-corrected chi connectivity index (χ2v) is 8.04. The third kappa shape index (κ3) is 5.81. The molecule has 0 spiro atoms. The summed E-state index contributed by atoms with van der Waals surface area (Å²) in [5.74, 6) is 2.73. The van der Waals surface area contributed by atoms with Crippen LogP contribution in [0.5, 0.6) is 17.2 Å². The Hall–Kier alpha value is -3.96. The van der Waals surface area contributed by atoms with Gasteiger partial charge in [0.1, 0.15) is 30.5 Å². The summed E-state index contributed by atoms with van der Waals surface area (Å²) in [5, 5.41) is 11.2. The lowest BCUT2D eigenvalue weighted by Crippen LogP contribution is -2.26. The van der Waals surface area contributed by atoms with Crippen molar-refractivity contribution in [3.8, 4) is 40.8 Å². The lowest BCUT2D eigenvalue weighted by molar-refractivity contribution is 0.0736. The van der Waals surface area contributed by atoms with Gasteiger partial charge in [0, 0.05) is 24.0 Å². The van der Waals surface area contributed by atoms with Crippen molar-refractivity contribution in [3.05, 3.63) is 71.2 Å². The van der Waals surface area contributed by atoms with Crippen molar-refractivity contribution in [1.29, 1.82) is 0 Å². The Morgan fingerprint density at radius 2 is 1.81 bits per heavy atom. The zero-order valence-corrected chi connectivity index (χ0v) is 20.3. The fourth-order valence-corrected chi connectivity index (χ4v) is 3.66. The number of aryl methyl sites for hydroxylation is 1. The normalized spacial score (nSPS) is 12.4. The number of terminal acetylenes is 1. The summed E-state index contributed by atoms with van der Waals surface area (Å²) < 4.78 is 42.1. The smallest absolute Gasteiger partial charge is 0.167 e. The molecule has 0 radical (unpaired) electrons. The van der Waals surface area contributed by atoms with Crippen LogP contribution in [-0.2, 0) is 5.60 Å². The van der Waals surface area contributed by atoms with Gasteiger partial charge in [-0.25, -0.2) is 13.8 Å². The number of Topliss-reactive ketones (excluding diaryl/α,β-unsaturated/α-hetero) is 1. The molecule has 0 aliphatic heterocycles. The average Bonchev–Trinajstić information content (AvgIpc) is 2.91. The second kappa shape index (κ2) is 11.6. The van der Waals surface area contributed by atoms with Gasteiger partial charge in [0.05, 0.1) is 19.9 Å². The van der Waals surface area contributed by atoms with E-state index < -0.39 is 12.3 Å². The van der Waals surface area contributed by atoms with Crippen molar-refractivity contribution in [2.24, 2.45) is 0 Å². The van der Waals surface area contributed by atoms with Crippen LogP contribution in [-0.4, -0.2) is 43.4 Å². The molecule has 188 valence electrons. The molecule has 1 aromatic heterocycles. The van der Waals surface area contributed by atoms with Crippen LogP contribution in [0.2, 0.25) is 0 Å². The van der Waals surface area contributed by atoms with Crippen LogP contribution in [0.15, 0.2) is 48.5 Å². The minimum atomic E-state index is -1.85. The molecule has 0 fully saturated rings. The first-order chi connectivity index (χ1) is 17.3. The zero-order chi connectivity index (χ0) is 26.3. The molecule has 3 rings (SSSR count). The molecule has 0 saturated carbocycles. The van der Waals surface area contributed by atoms with Crippen LogP contribution >= 0.6 is 0 Å². The van der Waals surface area contributed by atoms with E-state index in [0.717, 1.165) is 0 Å². The van der Waals surface area contributed by atoms with E-state index >= 15 is 0 Å². The average molecular weight is 496 g/mol. The van der Waals surface area contributed by atoms with Crippen LogP contribution < -0.4 is 14.2 Å². The van der Waals surface area contributed by atoms with E-state index in [4.69, 9.17) is 20.6 Å². The Bertz CT molecular complexity index is 1290. The standard InChI is InChI=1S/C28H27F2NO5/c1-5-28(33,13-12-22(32)19-7-9-23(36-15-14-29)25(17-19)35-4)26-11-10-24(34-3)27(31-26)20-6-8-21(30)18(2)16-20/h1,6-11,16-17,33H,12-15H2,2-4H3/t28-/m1/s1. The van der Waals surface area contributed by atoms with Gasteiger partial charge in [-0.15, -0.1) is 6.42 Å². The third-order valence-electron chi connectivity index (χ3n) is 5.71. The zero-order valence-electron chi connectivity index (χ0n) is 20.3. The van der Waals surface area contributed by atoms with Crippen molar-refractivity contribution in [2.45, 2.75) is 25.4 Å². The van der Waals surface area contributed by atoms with Crippen molar-refractivity contribution < 1.29 is 32.9 Å². The highest BCUT2D eigenvalue weighted by molar-refractivity contribution is 5.96. The molecule has 0 amide bonds. The van der Waals surface area contributed by atoms with E-state index in [1.807, 2.05) is 0 Å². The van der Waals surface area contributed by atoms with Gasteiger partial charge in [-0.2, -0.15) is 0 Å².